The van der Waals surface area contributed by atoms with Gasteiger partial charge in [-0.05, 0) is 37.8 Å². The molecule has 1 aliphatic carbocycles. The van der Waals surface area contributed by atoms with Crippen molar-refractivity contribution in [2.24, 2.45) is 0 Å². The van der Waals surface area contributed by atoms with E-state index in [2.05, 4.69) is 6.58 Å². The lowest BCUT2D eigenvalue weighted by Gasteiger charge is -2.33. The van der Waals surface area contributed by atoms with Crippen molar-refractivity contribution in [3.05, 3.63) is 58.5 Å². The van der Waals surface area contributed by atoms with Gasteiger partial charge in [-0.15, -0.1) is 6.58 Å². The van der Waals surface area contributed by atoms with E-state index >= 15 is 0 Å². The maximum Gasteiger partial charge on any atom is 0.349 e. The second-order valence-corrected chi connectivity index (χ2v) is 6.66. The van der Waals surface area contributed by atoms with E-state index in [1.807, 2.05) is 30.0 Å². The summed E-state index contributed by atoms with van der Waals surface area (Å²) in [5.41, 5.74) is 1.03. The van der Waals surface area contributed by atoms with E-state index in [0.717, 1.165) is 36.6 Å². The van der Waals surface area contributed by atoms with Crippen LogP contribution in [0.15, 0.2) is 46.1 Å². The van der Waals surface area contributed by atoms with Crippen molar-refractivity contribution in [1.29, 1.82) is 0 Å². The summed E-state index contributed by atoms with van der Waals surface area (Å²) in [4.78, 5) is 27.3. The van der Waals surface area contributed by atoms with Crippen LogP contribution < -0.4 is 5.63 Å². The number of carbonyl (C=O) groups excluding carboxylic acids is 1. The molecule has 0 N–H and O–H groups in total. The highest BCUT2D eigenvalue weighted by Crippen LogP contribution is 2.25. The van der Waals surface area contributed by atoms with Gasteiger partial charge in [0.1, 0.15) is 11.1 Å². The van der Waals surface area contributed by atoms with E-state index < -0.39 is 5.63 Å². The summed E-state index contributed by atoms with van der Waals surface area (Å²) >= 11 is 0. The summed E-state index contributed by atoms with van der Waals surface area (Å²) in [6.45, 7) is 6.31. The molecule has 0 bridgehead atoms. The van der Waals surface area contributed by atoms with Crippen LogP contribution in [0, 0.1) is 0 Å². The van der Waals surface area contributed by atoms with Gasteiger partial charge in [0.2, 0.25) is 0 Å². The normalized spacial score (nSPS) is 15.2. The Labute approximate surface area is 148 Å². The number of rotatable bonds is 5. The van der Waals surface area contributed by atoms with Crippen LogP contribution >= 0.6 is 0 Å². The summed E-state index contributed by atoms with van der Waals surface area (Å²) < 4.78 is 5.53. The molecule has 1 saturated carbocycles. The Hall–Kier alpha value is -2.36. The van der Waals surface area contributed by atoms with Gasteiger partial charge in [-0.2, -0.15) is 0 Å². The smallest absolute Gasteiger partial charge is 0.349 e. The topological polar surface area (TPSA) is 50.5 Å². The second-order valence-electron chi connectivity index (χ2n) is 6.66. The molecule has 0 atom stereocenters. The summed E-state index contributed by atoms with van der Waals surface area (Å²) in [7, 11) is 0. The van der Waals surface area contributed by atoms with Gasteiger partial charge in [0.05, 0.1) is 0 Å². The first kappa shape index (κ1) is 17.5. The third-order valence-corrected chi connectivity index (χ3v) is 5.05. The fourth-order valence-corrected chi connectivity index (χ4v) is 3.79. The Morgan fingerprint density at radius 1 is 1.32 bits per heavy atom. The predicted octanol–water partition coefficient (Wildman–Crippen LogP) is 4.32. The van der Waals surface area contributed by atoms with E-state index in [1.54, 1.807) is 12.1 Å². The van der Waals surface area contributed by atoms with Crippen LogP contribution in [0.4, 0.5) is 0 Å². The van der Waals surface area contributed by atoms with Gasteiger partial charge in [0, 0.05) is 18.0 Å². The molecule has 4 heteroatoms. The molecule has 0 radical (unpaired) electrons. The minimum Gasteiger partial charge on any atom is -0.422 e. The molecular formula is C21H25NO3. The van der Waals surface area contributed by atoms with Crippen LogP contribution in [0.1, 0.15) is 54.9 Å². The zero-order chi connectivity index (χ0) is 17.8. The highest BCUT2D eigenvalue weighted by Gasteiger charge is 2.27. The molecule has 0 saturated heterocycles. The number of hydrogen-bond acceptors (Lipinski definition) is 3. The summed E-state index contributed by atoms with van der Waals surface area (Å²) in [5, 5.41) is 0.780. The van der Waals surface area contributed by atoms with E-state index in [-0.39, 0.29) is 17.5 Å². The fraction of sp³-hybridized carbons (Fsp3) is 0.429. The molecule has 1 heterocycles. The molecule has 2 aromatic rings. The Bertz CT molecular complexity index is 831. The molecule has 4 nitrogen and oxygen atoms in total. The van der Waals surface area contributed by atoms with Gasteiger partial charge in [-0.25, -0.2) is 4.79 Å². The molecule has 25 heavy (non-hydrogen) atoms. The van der Waals surface area contributed by atoms with Crippen molar-refractivity contribution in [2.75, 3.05) is 6.54 Å². The number of carbonyl (C=O) groups is 1. The SMILES string of the molecule is C=CCc1cccc2cc(C(=O)N(CC)C3CCCCC3)c(=O)oc12. The molecule has 1 aromatic heterocycles. The van der Waals surface area contributed by atoms with Crippen LogP contribution in [-0.2, 0) is 6.42 Å². The molecule has 0 spiro atoms. The van der Waals surface area contributed by atoms with E-state index in [4.69, 9.17) is 4.42 Å². The lowest BCUT2D eigenvalue weighted by molar-refractivity contribution is 0.0644. The molecule has 0 unspecified atom stereocenters. The van der Waals surface area contributed by atoms with Crippen LogP contribution in [0.5, 0.6) is 0 Å². The number of para-hydroxylation sites is 1. The van der Waals surface area contributed by atoms with Crippen LogP contribution in [0.2, 0.25) is 0 Å². The van der Waals surface area contributed by atoms with Crippen molar-refractivity contribution < 1.29 is 9.21 Å². The standard InChI is InChI=1S/C21H25NO3/c1-3-9-15-10-8-11-16-14-18(21(24)25-19(15)16)20(23)22(4-2)17-12-6-5-7-13-17/h3,8,10-11,14,17H,1,4-7,9,12-13H2,2H3. The van der Waals surface area contributed by atoms with Crippen molar-refractivity contribution >= 4 is 16.9 Å². The summed E-state index contributed by atoms with van der Waals surface area (Å²) in [6.07, 6.45) is 7.94. The predicted molar refractivity (Wildman–Crippen MR) is 100.0 cm³/mol. The molecular weight excluding hydrogens is 314 g/mol. The molecule has 1 aromatic carbocycles. The van der Waals surface area contributed by atoms with Crippen molar-refractivity contribution in [3.63, 3.8) is 0 Å². The lowest BCUT2D eigenvalue weighted by atomic mass is 9.93. The van der Waals surface area contributed by atoms with Gasteiger partial charge in [0.15, 0.2) is 0 Å². The first-order valence-electron chi connectivity index (χ1n) is 9.13. The van der Waals surface area contributed by atoms with Gasteiger partial charge >= 0.3 is 5.63 Å². The molecule has 0 aliphatic heterocycles. The number of nitrogens with zero attached hydrogens (tertiary/aromatic N) is 1. The fourth-order valence-electron chi connectivity index (χ4n) is 3.79. The molecule has 1 aliphatic rings. The van der Waals surface area contributed by atoms with Crippen LogP contribution in [0.3, 0.4) is 0 Å². The Morgan fingerprint density at radius 3 is 2.76 bits per heavy atom. The zero-order valence-corrected chi connectivity index (χ0v) is 14.8. The Balaban J connectivity index is 1.99. The number of benzene rings is 1. The third-order valence-electron chi connectivity index (χ3n) is 5.05. The zero-order valence-electron chi connectivity index (χ0n) is 14.8. The molecule has 132 valence electrons. The highest BCUT2D eigenvalue weighted by molar-refractivity contribution is 5.97. The van der Waals surface area contributed by atoms with Gasteiger partial charge in [-0.1, -0.05) is 43.5 Å². The van der Waals surface area contributed by atoms with E-state index in [1.165, 1.54) is 6.42 Å². The van der Waals surface area contributed by atoms with Crippen molar-refractivity contribution in [3.8, 4) is 0 Å². The maximum absolute atomic E-state index is 13.0. The number of amides is 1. The average Bonchev–Trinajstić information content (AvgIpc) is 2.63. The molecule has 1 amide bonds. The third kappa shape index (κ3) is 3.53. The minimum atomic E-state index is -0.553. The average molecular weight is 339 g/mol. The quantitative estimate of drug-likeness (QED) is 0.602. The van der Waals surface area contributed by atoms with Crippen molar-refractivity contribution in [2.45, 2.75) is 51.5 Å². The lowest BCUT2D eigenvalue weighted by Crippen LogP contribution is -2.42. The molecule has 1 fully saturated rings. The summed E-state index contributed by atoms with van der Waals surface area (Å²) in [5.74, 6) is -0.209. The largest absolute Gasteiger partial charge is 0.422 e. The first-order chi connectivity index (χ1) is 12.2. The number of hydrogen-bond donors (Lipinski definition) is 0. The van der Waals surface area contributed by atoms with E-state index in [9.17, 15) is 9.59 Å². The number of allylic oxidation sites excluding steroid dienone is 1. The molecule has 3 rings (SSSR count). The maximum atomic E-state index is 13.0. The van der Waals surface area contributed by atoms with Crippen molar-refractivity contribution in [1.82, 2.24) is 4.90 Å². The highest BCUT2D eigenvalue weighted by atomic mass is 16.4. The van der Waals surface area contributed by atoms with E-state index in [0.29, 0.717) is 18.5 Å². The van der Waals surface area contributed by atoms with Crippen LogP contribution in [0.25, 0.3) is 11.0 Å². The second kappa shape index (κ2) is 7.68. The Kier molecular flexibility index (Phi) is 5.37. The van der Waals surface area contributed by atoms with Gasteiger partial charge < -0.3 is 9.32 Å². The van der Waals surface area contributed by atoms with Crippen LogP contribution in [-0.4, -0.2) is 23.4 Å². The summed E-state index contributed by atoms with van der Waals surface area (Å²) in [6, 6.07) is 7.61. The Morgan fingerprint density at radius 2 is 2.08 bits per heavy atom. The number of fused-ring (bicyclic) bond motifs is 1. The minimum absolute atomic E-state index is 0.135. The van der Waals surface area contributed by atoms with Gasteiger partial charge in [-0.3, -0.25) is 4.79 Å². The van der Waals surface area contributed by atoms with Gasteiger partial charge in [0.25, 0.3) is 5.91 Å². The monoisotopic (exact) mass is 339 g/mol. The first-order valence-corrected chi connectivity index (χ1v) is 9.13.